The van der Waals surface area contributed by atoms with Gasteiger partial charge < -0.3 is 10.1 Å². The van der Waals surface area contributed by atoms with Gasteiger partial charge in [-0.3, -0.25) is 0 Å². The largest absolute Gasteiger partial charge is 0.380 e. The number of rotatable bonds is 0. The van der Waals surface area contributed by atoms with E-state index in [0.29, 0.717) is 5.41 Å². The first kappa shape index (κ1) is 8.02. The molecule has 2 heteroatoms. The Bertz CT molecular complexity index is 91.4. The van der Waals surface area contributed by atoms with Crippen LogP contribution in [0.25, 0.3) is 0 Å². The van der Waals surface area contributed by atoms with Crippen LogP contribution in [0.4, 0.5) is 0 Å². The molecule has 0 atom stereocenters. The predicted molar refractivity (Wildman–Crippen MR) is 42.1 cm³/mol. The van der Waals surface area contributed by atoms with Gasteiger partial charge in [-0.1, -0.05) is 13.8 Å². The van der Waals surface area contributed by atoms with Crippen LogP contribution in [-0.4, -0.2) is 26.3 Å². The lowest BCUT2D eigenvalue weighted by Crippen LogP contribution is -2.35. The van der Waals surface area contributed by atoms with E-state index in [2.05, 4.69) is 19.2 Å². The maximum Gasteiger partial charge on any atom is 0.0590 e. The van der Waals surface area contributed by atoms with Gasteiger partial charge in [0.1, 0.15) is 0 Å². The zero-order chi connectivity index (χ0) is 7.45. The molecule has 1 aliphatic rings. The molecule has 2 nitrogen and oxygen atoms in total. The van der Waals surface area contributed by atoms with E-state index in [1.807, 2.05) is 0 Å². The highest BCUT2D eigenvalue weighted by Gasteiger charge is 2.18. The molecule has 0 spiro atoms. The molecule has 1 saturated heterocycles. The topological polar surface area (TPSA) is 21.3 Å². The van der Waals surface area contributed by atoms with E-state index >= 15 is 0 Å². The standard InChI is InChI=1S/C8H17NO/c1-8(2)3-5-10-6-4-9-7-8/h9H,3-7H2,1-2H3. The quantitative estimate of drug-likeness (QED) is 0.546. The minimum absolute atomic E-state index is 0.417. The maximum atomic E-state index is 5.35. The van der Waals surface area contributed by atoms with Gasteiger partial charge in [0.05, 0.1) is 6.61 Å². The summed E-state index contributed by atoms with van der Waals surface area (Å²) in [7, 11) is 0. The number of nitrogens with one attached hydrogen (secondary N) is 1. The van der Waals surface area contributed by atoms with Crippen molar-refractivity contribution in [3.8, 4) is 0 Å². The Morgan fingerprint density at radius 3 is 2.90 bits per heavy atom. The number of hydrogen-bond acceptors (Lipinski definition) is 2. The van der Waals surface area contributed by atoms with Gasteiger partial charge in [0.2, 0.25) is 0 Å². The van der Waals surface area contributed by atoms with Crippen molar-refractivity contribution in [1.82, 2.24) is 5.32 Å². The highest BCUT2D eigenvalue weighted by atomic mass is 16.5. The lowest BCUT2D eigenvalue weighted by molar-refractivity contribution is 0.0867. The fourth-order valence-electron chi connectivity index (χ4n) is 1.11. The monoisotopic (exact) mass is 143 g/mol. The van der Waals surface area contributed by atoms with Crippen LogP contribution in [0.1, 0.15) is 20.3 Å². The van der Waals surface area contributed by atoms with E-state index in [1.165, 1.54) is 6.42 Å². The zero-order valence-electron chi connectivity index (χ0n) is 6.94. The third-order valence-electron chi connectivity index (χ3n) is 1.95. The van der Waals surface area contributed by atoms with Gasteiger partial charge in [0.25, 0.3) is 0 Å². The molecule has 1 heterocycles. The van der Waals surface area contributed by atoms with Crippen LogP contribution in [0.15, 0.2) is 0 Å². The van der Waals surface area contributed by atoms with E-state index in [0.717, 1.165) is 26.3 Å². The van der Waals surface area contributed by atoms with Crippen molar-refractivity contribution in [1.29, 1.82) is 0 Å². The van der Waals surface area contributed by atoms with E-state index in [4.69, 9.17) is 4.74 Å². The molecule has 1 aliphatic heterocycles. The molecule has 1 rings (SSSR count). The average Bonchev–Trinajstić information content (AvgIpc) is 1.81. The Labute approximate surface area is 63.0 Å². The third-order valence-corrected chi connectivity index (χ3v) is 1.95. The zero-order valence-corrected chi connectivity index (χ0v) is 6.94. The van der Waals surface area contributed by atoms with Gasteiger partial charge in [-0.2, -0.15) is 0 Å². The second kappa shape index (κ2) is 3.35. The normalized spacial score (nSPS) is 27.0. The highest BCUT2D eigenvalue weighted by molar-refractivity contribution is 4.72. The summed E-state index contributed by atoms with van der Waals surface area (Å²) in [6, 6.07) is 0. The molecule has 0 aromatic carbocycles. The van der Waals surface area contributed by atoms with E-state index < -0.39 is 0 Å². The first-order chi connectivity index (χ1) is 4.71. The minimum atomic E-state index is 0.417. The van der Waals surface area contributed by atoms with Gasteiger partial charge in [-0.15, -0.1) is 0 Å². The van der Waals surface area contributed by atoms with Crippen LogP contribution in [0, 0.1) is 5.41 Å². The maximum absolute atomic E-state index is 5.35. The summed E-state index contributed by atoms with van der Waals surface area (Å²) < 4.78 is 5.35. The molecule has 0 unspecified atom stereocenters. The first-order valence-corrected chi connectivity index (χ1v) is 3.99. The Morgan fingerprint density at radius 1 is 1.30 bits per heavy atom. The van der Waals surface area contributed by atoms with Crippen molar-refractivity contribution < 1.29 is 4.74 Å². The third kappa shape index (κ3) is 2.67. The van der Waals surface area contributed by atoms with Gasteiger partial charge in [-0.05, 0) is 11.8 Å². The summed E-state index contributed by atoms with van der Waals surface area (Å²) >= 11 is 0. The van der Waals surface area contributed by atoms with Crippen LogP contribution in [0.2, 0.25) is 0 Å². The van der Waals surface area contributed by atoms with E-state index in [1.54, 1.807) is 0 Å². The first-order valence-electron chi connectivity index (χ1n) is 3.99. The second-order valence-corrected chi connectivity index (χ2v) is 3.70. The Morgan fingerprint density at radius 2 is 2.10 bits per heavy atom. The molecular weight excluding hydrogens is 126 g/mol. The molecule has 0 saturated carbocycles. The summed E-state index contributed by atoms with van der Waals surface area (Å²) in [6.45, 7) is 8.47. The fraction of sp³-hybridized carbons (Fsp3) is 1.00. The van der Waals surface area contributed by atoms with Crippen LogP contribution >= 0.6 is 0 Å². The predicted octanol–water partition coefficient (Wildman–Crippen LogP) is 1.02. The van der Waals surface area contributed by atoms with Crippen molar-refractivity contribution in [2.75, 3.05) is 26.3 Å². The summed E-state index contributed by atoms with van der Waals surface area (Å²) in [6.07, 6.45) is 1.17. The molecule has 1 N–H and O–H groups in total. The lowest BCUT2D eigenvalue weighted by Gasteiger charge is -2.27. The summed E-state index contributed by atoms with van der Waals surface area (Å²) in [5.74, 6) is 0. The Kier molecular flexibility index (Phi) is 2.69. The summed E-state index contributed by atoms with van der Waals surface area (Å²) in [5, 5.41) is 3.35. The second-order valence-electron chi connectivity index (χ2n) is 3.70. The Hall–Kier alpha value is -0.0800. The Balaban J connectivity index is 2.30. The van der Waals surface area contributed by atoms with Crippen LogP contribution in [-0.2, 0) is 4.74 Å². The smallest absolute Gasteiger partial charge is 0.0590 e. The van der Waals surface area contributed by atoms with Gasteiger partial charge in [0, 0.05) is 19.7 Å². The van der Waals surface area contributed by atoms with Crippen LogP contribution in [0.5, 0.6) is 0 Å². The molecule has 0 aromatic heterocycles. The molecule has 0 bridgehead atoms. The molecular formula is C8H17NO. The van der Waals surface area contributed by atoms with Crippen LogP contribution < -0.4 is 5.32 Å². The SMILES string of the molecule is CC1(C)CCOCCNC1. The van der Waals surface area contributed by atoms with E-state index in [-0.39, 0.29) is 0 Å². The van der Waals surface area contributed by atoms with Gasteiger partial charge in [-0.25, -0.2) is 0 Å². The van der Waals surface area contributed by atoms with Crippen LogP contribution in [0.3, 0.4) is 0 Å². The molecule has 10 heavy (non-hydrogen) atoms. The molecule has 0 radical (unpaired) electrons. The molecule has 0 aliphatic carbocycles. The van der Waals surface area contributed by atoms with Crippen molar-refractivity contribution in [3.63, 3.8) is 0 Å². The van der Waals surface area contributed by atoms with Crippen molar-refractivity contribution in [2.24, 2.45) is 5.41 Å². The lowest BCUT2D eigenvalue weighted by atomic mass is 9.89. The van der Waals surface area contributed by atoms with E-state index in [9.17, 15) is 0 Å². The molecule has 0 aromatic rings. The van der Waals surface area contributed by atoms with Crippen molar-refractivity contribution in [2.45, 2.75) is 20.3 Å². The average molecular weight is 143 g/mol. The highest BCUT2D eigenvalue weighted by Crippen LogP contribution is 2.19. The number of hydrogen-bond donors (Lipinski definition) is 1. The van der Waals surface area contributed by atoms with Crippen molar-refractivity contribution in [3.05, 3.63) is 0 Å². The molecule has 1 fully saturated rings. The van der Waals surface area contributed by atoms with Gasteiger partial charge in [0.15, 0.2) is 0 Å². The summed E-state index contributed by atoms with van der Waals surface area (Å²) in [5.41, 5.74) is 0.417. The minimum Gasteiger partial charge on any atom is -0.380 e. The molecule has 60 valence electrons. The molecule has 0 amide bonds. The van der Waals surface area contributed by atoms with Crippen molar-refractivity contribution >= 4 is 0 Å². The fourth-order valence-corrected chi connectivity index (χ4v) is 1.11. The number of ether oxygens (including phenoxy) is 1. The van der Waals surface area contributed by atoms with Gasteiger partial charge >= 0.3 is 0 Å². The summed E-state index contributed by atoms with van der Waals surface area (Å²) in [4.78, 5) is 0.